The van der Waals surface area contributed by atoms with Crippen LogP contribution in [0.2, 0.25) is 0 Å². The fourth-order valence-corrected chi connectivity index (χ4v) is 3.03. The molecular weight excluding hydrogens is 347 g/mol. The maximum Gasteiger partial charge on any atom is 0.259 e. The highest BCUT2D eigenvalue weighted by atomic mass is 19.1. The number of amides is 1. The van der Waals surface area contributed by atoms with Crippen molar-refractivity contribution in [1.29, 1.82) is 0 Å². The summed E-state index contributed by atoms with van der Waals surface area (Å²) in [7, 11) is 0. The van der Waals surface area contributed by atoms with Gasteiger partial charge < -0.3 is 9.73 Å². The van der Waals surface area contributed by atoms with E-state index in [2.05, 4.69) is 15.4 Å². The molecule has 0 aliphatic carbocycles. The van der Waals surface area contributed by atoms with E-state index in [0.29, 0.717) is 40.3 Å². The van der Waals surface area contributed by atoms with E-state index in [1.807, 2.05) is 6.92 Å². The highest BCUT2D eigenvalue weighted by Crippen LogP contribution is 2.22. The molecule has 2 heterocycles. The number of fused-ring (bicyclic) bond motifs is 1. The predicted octanol–water partition coefficient (Wildman–Crippen LogP) is 4.28. The number of rotatable bonds is 4. The molecule has 2 aromatic heterocycles. The molecule has 2 aromatic carbocycles. The van der Waals surface area contributed by atoms with Crippen LogP contribution in [0, 0.1) is 12.7 Å². The Kier molecular flexibility index (Phi) is 4.19. The van der Waals surface area contributed by atoms with Crippen LogP contribution in [0.15, 0.2) is 53.1 Å². The third-order valence-corrected chi connectivity index (χ3v) is 4.27. The van der Waals surface area contributed by atoms with Crippen molar-refractivity contribution in [2.45, 2.75) is 20.3 Å². The molecule has 0 fully saturated rings. The van der Waals surface area contributed by atoms with Gasteiger partial charge in [-0.15, -0.1) is 0 Å². The maximum absolute atomic E-state index is 13.2. The van der Waals surface area contributed by atoms with E-state index in [-0.39, 0.29) is 11.7 Å². The number of nitrogens with zero attached hydrogens (tertiary/aromatic N) is 3. The van der Waals surface area contributed by atoms with Gasteiger partial charge in [-0.25, -0.2) is 14.1 Å². The minimum absolute atomic E-state index is 0.264. The Morgan fingerprint density at radius 3 is 2.74 bits per heavy atom. The molecule has 0 aliphatic rings. The van der Waals surface area contributed by atoms with Gasteiger partial charge in [0.15, 0.2) is 11.5 Å². The Labute approximate surface area is 154 Å². The van der Waals surface area contributed by atoms with Gasteiger partial charge in [0.2, 0.25) is 0 Å². The van der Waals surface area contributed by atoms with E-state index in [0.717, 1.165) is 5.69 Å². The molecule has 0 spiro atoms. The van der Waals surface area contributed by atoms with Crippen LogP contribution in [0.1, 0.15) is 28.9 Å². The summed E-state index contributed by atoms with van der Waals surface area (Å²) in [6.45, 7) is 3.72. The van der Waals surface area contributed by atoms with E-state index in [1.54, 1.807) is 41.9 Å². The van der Waals surface area contributed by atoms with Crippen molar-refractivity contribution in [3.63, 3.8) is 0 Å². The molecule has 0 atom stereocenters. The van der Waals surface area contributed by atoms with Crippen LogP contribution in [0.5, 0.6) is 0 Å². The topological polar surface area (TPSA) is 73.0 Å². The Morgan fingerprint density at radius 1 is 1.22 bits per heavy atom. The summed E-state index contributed by atoms with van der Waals surface area (Å²) in [4.78, 5) is 17.0. The fraction of sp³-hybridized carbons (Fsp3) is 0.150. The van der Waals surface area contributed by atoms with Crippen LogP contribution >= 0.6 is 0 Å². The molecule has 0 bridgehead atoms. The molecule has 6 nitrogen and oxygen atoms in total. The van der Waals surface area contributed by atoms with Crippen LogP contribution in [0.4, 0.5) is 10.1 Å². The van der Waals surface area contributed by atoms with Gasteiger partial charge in [-0.3, -0.25) is 4.79 Å². The third-order valence-electron chi connectivity index (χ3n) is 4.27. The first kappa shape index (κ1) is 17.0. The number of halogens is 1. The number of nitrogens with one attached hydrogen (secondary N) is 1. The highest BCUT2D eigenvalue weighted by Gasteiger charge is 2.18. The minimum Gasteiger partial charge on any atom is -0.441 e. The van der Waals surface area contributed by atoms with Crippen LogP contribution in [-0.2, 0) is 6.42 Å². The zero-order valence-corrected chi connectivity index (χ0v) is 14.9. The van der Waals surface area contributed by atoms with Gasteiger partial charge in [0.25, 0.3) is 5.91 Å². The average molecular weight is 364 g/mol. The lowest BCUT2D eigenvalue weighted by atomic mass is 10.1. The van der Waals surface area contributed by atoms with Gasteiger partial charge in [0.1, 0.15) is 11.3 Å². The number of oxazole rings is 1. The monoisotopic (exact) mass is 364 g/mol. The Balaban J connectivity index is 1.63. The number of aryl methyl sites for hydroxylation is 1. The van der Waals surface area contributed by atoms with Crippen LogP contribution < -0.4 is 5.32 Å². The molecule has 0 saturated heterocycles. The second-order valence-electron chi connectivity index (χ2n) is 6.12. The van der Waals surface area contributed by atoms with Crippen molar-refractivity contribution in [2.24, 2.45) is 0 Å². The van der Waals surface area contributed by atoms with E-state index in [4.69, 9.17) is 4.42 Å². The SMILES string of the molecule is CCc1c(C(=O)Nc2ccc3oc(C)nc3c2)cnn1-c1ccc(F)cc1. The summed E-state index contributed by atoms with van der Waals surface area (Å²) >= 11 is 0. The lowest BCUT2D eigenvalue weighted by Gasteiger charge is -2.08. The molecule has 7 heteroatoms. The first-order valence-corrected chi connectivity index (χ1v) is 8.56. The largest absolute Gasteiger partial charge is 0.441 e. The molecule has 4 aromatic rings. The average Bonchev–Trinajstić information content (AvgIpc) is 3.24. The predicted molar refractivity (Wildman–Crippen MR) is 99.6 cm³/mol. The Morgan fingerprint density at radius 2 is 2.00 bits per heavy atom. The van der Waals surface area contributed by atoms with Crippen LogP contribution in [0.3, 0.4) is 0 Å². The number of benzene rings is 2. The van der Waals surface area contributed by atoms with E-state index in [9.17, 15) is 9.18 Å². The van der Waals surface area contributed by atoms with Crippen molar-refractivity contribution in [3.05, 3.63) is 71.6 Å². The standard InChI is InChI=1S/C20H17FN4O2/c1-3-18-16(11-22-25(18)15-7-4-13(21)5-8-15)20(26)24-14-6-9-19-17(10-14)23-12(2)27-19/h4-11H,3H2,1-2H3,(H,24,26). The van der Waals surface area contributed by atoms with Gasteiger partial charge >= 0.3 is 0 Å². The van der Waals surface area contributed by atoms with Gasteiger partial charge in [-0.1, -0.05) is 6.92 Å². The second kappa shape index (κ2) is 6.68. The molecule has 4 rings (SSSR count). The first-order valence-electron chi connectivity index (χ1n) is 8.56. The molecule has 0 unspecified atom stereocenters. The van der Waals surface area contributed by atoms with Crippen LogP contribution in [-0.4, -0.2) is 20.7 Å². The number of hydrogen-bond donors (Lipinski definition) is 1. The van der Waals surface area contributed by atoms with Crippen LogP contribution in [0.25, 0.3) is 16.8 Å². The van der Waals surface area contributed by atoms with Crippen molar-refractivity contribution < 1.29 is 13.6 Å². The summed E-state index contributed by atoms with van der Waals surface area (Å²) in [5, 5.41) is 7.18. The number of carbonyl (C=O) groups excluding carboxylic acids is 1. The van der Waals surface area contributed by atoms with Crippen molar-refractivity contribution in [2.75, 3.05) is 5.32 Å². The van der Waals surface area contributed by atoms with Gasteiger partial charge in [-0.05, 0) is 48.9 Å². The molecule has 0 radical (unpaired) electrons. The number of carbonyl (C=O) groups is 1. The lowest BCUT2D eigenvalue weighted by Crippen LogP contribution is -2.14. The van der Waals surface area contributed by atoms with Gasteiger partial charge in [-0.2, -0.15) is 5.10 Å². The Bertz CT molecular complexity index is 1130. The first-order chi connectivity index (χ1) is 13.0. The zero-order valence-electron chi connectivity index (χ0n) is 14.9. The van der Waals surface area contributed by atoms with Crippen molar-refractivity contribution in [1.82, 2.24) is 14.8 Å². The fourth-order valence-electron chi connectivity index (χ4n) is 3.03. The summed E-state index contributed by atoms with van der Waals surface area (Å²) in [6, 6.07) is 11.3. The molecule has 136 valence electrons. The highest BCUT2D eigenvalue weighted by molar-refractivity contribution is 6.05. The molecule has 1 amide bonds. The van der Waals surface area contributed by atoms with E-state index >= 15 is 0 Å². The van der Waals surface area contributed by atoms with E-state index in [1.165, 1.54) is 18.3 Å². The number of anilines is 1. The summed E-state index contributed by atoms with van der Waals surface area (Å²) < 4.78 is 20.3. The molecular formula is C20H17FN4O2. The minimum atomic E-state index is -0.319. The lowest BCUT2D eigenvalue weighted by molar-refractivity contribution is 0.102. The molecule has 1 N–H and O–H groups in total. The van der Waals surface area contributed by atoms with Crippen molar-refractivity contribution >= 4 is 22.7 Å². The molecule has 0 aliphatic heterocycles. The summed E-state index contributed by atoms with van der Waals surface area (Å²) in [5.74, 6) is -0.0116. The number of hydrogen-bond acceptors (Lipinski definition) is 4. The van der Waals surface area contributed by atoms with Gasteiger partial charge in [0.05, 0.1) is 23.1 Å². The smallest absolute Gasteiger partial charge is 0.259 e. The zero-order chi connectivity index (χ0) is 19.0. The quantitative estimate of drug-likeness (QED) is 0.587. The van der Waals surface area contributed by atoms with E-state index < -0.39 is 0 Å². The van der Waals surface area contributed by atoms with Gasteiger partial charge in [0, 0.05) is 12.6 Å². The normalized spacial score (nSPS) is 11.1. The Hall–Kier alpha value is -3.48. The number of aromatic nitrogens is 3. The second-order valence-corrected chi connectivity index (χ2v) is 6.12. The molecule has 0 saturated carbocycles. The maximum atomic E-state index is 13.2. The van der Waals surface area contributed by atoms with Crippen molar-refractivity contribution in [3.8, 4) is 5.69 Å². The summed E-state index contributed by atoms with van der Waals surface area (Å²) in [6.07, 6.45) is 2.12. The summed E-state index contributed by atoms with van der Waals surface area (Å²) in [5.41, 5.74) is 3.90. The third kappa shape index (κ3) is 3.19. The molecule has 27 heavy (non-hydrogen) atoms.